The molecular formula is C19H23N3O. The SMILES string of the molecule is Cc1ccc(C2CCCN2C(=O)CCc2ncccn2)cc1C. The molecule has 1 aromatic carbocycles. The number of nitrogens with zero attached hydrogens (tertiary/aromatic N) is 3. The fraction of sp³-hybridized carbons (Fsp3) is 0.421. The van der Waals surface area contributed by atoms with E-state index in [4.69, 9.17) is 0 Å². The van der Waals surface area contributed by atoms with Crippen molar-refractivity contribution in [2.24, 2.45) is 0 Å². The second-order valence-electron chi connectivity index (χ2n) is 6.25. The Morgan fingerprint density at radius 2 is 2.00 bits per heavy atom. The molecule has 1 aliphatic rings. The van der Waals surface area contributed by atoms with Crippen LogP contribution < -0.4 is 0 Å². The summed E-state index contributed by atoms with van der Waals surface area (Å²) in [5.41, 5.74) is 3.85. The molecule has 23 heavy (non-hydrogen) atoms. The van der Waals surface area contributed by atoms with Gasteiger partial charge in [-0.05, 0) is 49.4 Å². The van der Waals surface area contributed by atoms with E-state index in [1.807, 2.05) is 4.90 Å². The van der Waals surface area contributed by atoms with Crippen molar-refractivity contribution in [3.05, 3.63) is 59.2 Å². The molecule has 2 heterocycles. The van der Waals surface area contributed by atoms with Gasteiger partial charge in [-0.2, -0.15) is 0 Å². The van der Waals surface area contributed by atoms with Crippen LogP contribution in [-0.4, -0.2) is 27.3 Å². The highest BCUT2D eigenvalue weighted by Gasteiger charge is 2.29. The summed E-state index contributed by atoms with van der Waals surface area (Å²) in [6.45, 7) is 5.11. The van der Waals surface area contributed by atoms with Crippen LogP contribution in [0, 0.1) is 13.8 Å². The molecule has 2 aromatic rings. The summed E-state index contributed by atoms with van der Waals surface area (Å²) in [6, 6.07) is 8.56. The molecule has 3 rings (SSSR count). The first-order valence-corrected chi connectivity index (χ1v) is 8.27. The summed E-state index contributed by atoms with van der Waals surface area (Å²) < 4.78 is 0. The third-order valence-corrected chi connectivity index (χ3v) is 4.67. The van der Waals surface area contributed by atoms with Gasteiger partial charge in [0.05, 0.1) is 6.04 Å². The molecule has 1 fully saturated rings. The molecule has 0 bridgehead atoms. The molecule has 4 nitrogen and oxygen atoms in total. The molecule has 1 aliphatic heterocycles. The number of hydrogen-bond acceptors (Lipinski definition) is 3. The van der Waals surface area contributed by atoms with E-state index in [0.717, 1.165) is 25.2 Å². The summed E-state index contributed by atoms with van der Waals surface area (Å²) in [6.07, 6.45) is 6.66. The lowest BCUT2D eigenvalue weighted by atomic mass is 9.99. The zero-order chi connectivity index (χ0) is 16.2. The Balaban J connectivity index is 1.68. The standard InChI is InChI=1S/C19H23N3O/c1-14-6-7-16(13-15(14)2)17-5-3-12-22(17)19(23)9-8-18-20-10-4-11-21-18/h4,6-7,10-11,13,17H,3,5,8-9,12H2,1-2H3. The van der Waals surface area contributed by atoms with Gasteiger partial charge in [0.2, 0.25) is 5.91 Å². The van der Waals surface area contributed by atoms with Crippen molar-refractivity contribution in [1.82, 2.24) is 14.9 Å². The molecule has 1 saturated heterocycles. The minimum absolute atomic E-state index is 0.207. The van der Waals surface area contributed by atoms with Gasteiger partial charge in [0.1, 0.15) is 5.82 Å². The van der Waals surface area contributed by atoms with Gasteiger partial charge in [-0.25, -0.2) is 9.97 Å². The molecule has 1 unspecified atom stereocenters. The second kappa shape index (κ2) is 6.90. The van der Waals surface area contributed by atoms with Crippen molar-refractivity contribution in [2.75, 3.05) is 6.54 Å². The van der Waals surface area contributed by atoms with E-state index < -0.39 is 0 Å². The number of aryl methyl sites for hydroxylation is 3. The first kappa shape index (κ1) is 15.7. The maximum absolute atomic E-state index is 12.6. The van der Waals surface area contributed by atoms with Crippen molar-refractivity contribution in [3.63, 3.8) is 0 Å². The van der Waals surface area contributed by atoms with Gasteiger partial charge in [0, 0.05) is 31.8 Å². The van der Waals surface area contributed by atoms with Gasteiger partial charge in [0.25, 0.3) is 0 Å². The second-order valence-corrected chi connectivity index (χ2v) is 6.25. The fourth-order valence-electron chi connectivity index (χ4n) is 3.21. The Bertz CT molecular complexity index is 684. The Hall–Kier alpha value is -2.23. The highest BCUT2D eigenvalue weighted by atomic mass is 16.2. The Kier molecular flexibility index (Phi) is 4.70. The van der Waals surface area contributed by atoms with Crippen LogP contribution in [0.3, 0.4) is 0 Å². The smallest absolute Gasteiger partial charge is 0.223 e. The highest BCUT2D eigenvalue weighted by Crippen LogP contribution is 2.33. The number of aromatic nitrogens is 2. The Morgan fingerprint density at radius 3 is 2.74 bits per heavy atom. The van der Waals surface area contributed by atoms with Crippen LogP contribution in [0.15, 0.2) is 36.7 Å². The number of carbonyl (C=O) groups excluding carboxylic acids is 1. The average molecular weight is 309 g/mol. The first-order chi connectivity index (χ1) is 11.1. The molecule has 120 valence electrons. The third-order valence-electron chi connectivity index (χ3n) is 4.67. The quantitative estimate of drug-likeness (QED) is 0.869. The minimum Gasteiger partial charge on any atom is -0.336 e. The van der Waals surface area contributed by atoms with Gasteiger partial charge < -0.3 is 4.90 Å². The van der Waals surface area contributed by atoms with Crippen LogP contribution in [0.5, 0.6) is 0 Å². The molecule has 0 N–H and O–H groups in total. The average Bonchev–Trinajstić information content (AvgIpc) is 3.06. The molecule has 0 aliphatic carbocycles. The van der Waals surface area contributed by atoms with E-state index in [1.165, 1.54) is 16.7 Å². The van der Waals surface area contributed by atoms with Crippen molar-refractivity contribution in [2.45, 2.75) is 45.6 Å². The zero-order valence-corrected chi connectivity index (χ0v) is 13.8. The summed E-state index contributed by atoms with van der Waals surface area (Å²) in [7, 11) is 0. The van der Waals surface area contributed by atoms with E-state index in [-0.39, 0.29) is 11.9 Å². The molecule has 0 saturated carbocycles. The molecule has 1 atom stereocenters. The third kappa shape index (κ3) is 3.58. The predicted octanol–water partition coefficient (Wildman–Crippen LogP) is 3.39. The Labute approximate surface area is 137 Å². The minimum atomic E-state index is 0.207. The molecule has 0 radical (unpaired) electrons. The maximum Gasteiger partial charge on any atom is 0.223 e. The molecule has 0 spiro atoms. The van der Waals surface area contributed by atoms with Gasteiger partial charge in [-0.15, -0.1) is 0 Å². The molecule has 1 aromatic heterocycles. The summed E-state index contributed by atoms with van der Waals surface area (Å²) in [5, 5.41) is 0. The number of benzene rings is 1. The maximum atomic E-state index is 12.6. The molecule has 4 heteroatoms. The van der Waals surface area contributed by atoms with Crippen molar-refractivity contribution in [3.8, 4) is 0 Å². The summed E-state index contributed by atoms with van der Waals surface area (Å²) in [4.78, 5) is 23.0. The molecular weight excluding hydrogens is 286 g/mol. The van der Waals surface area contributed by atoms with Crippen LogP contribution in [0.1, 0.15) is 47.8 Å². The predicted molar refractivity (Wildman–Crippen MR) is 90.0 cm³/mol. The largest absolute Gasteiger partial charge is 0.336 e. The monoisotopic (exact) mass is 309 g/mol. The lowest BCUT2D eigenvalue weighted by Gasteiger charge is -2.25. The first-order valence-electron chi connectivity index (χ1n) is 8.27. The fourth-order valence-corrected chi connectivity index (χ4v) is 3.21. The Morgan fingerprint density at radius 1 is 1.22 bits per heavy atom. The normalized spacial score (nSPS) is 17.5. The van der Waals surface area contributed by atoms with E-state index in [2.05, 4.69) is 42.0 Å². The van der Waals surface area contributed by atoms with E-state index in [1.54, 1.807) is 18.5 Å². The van der Waals surface area contributed by atoms with Crippen LogP contribution in [0.25, 0.3) is 0 Å². The highest BCUT2D eigenvalue weighted by molar-refractivity contribution is 5.77. The van der Waals surface area contributed by atoms with E-state index in [0.29, 0.717) is 12.8 Å². The van der Waals surface area contributed by atoms with Crippen LogP contribution in [-0.2, 0) is 11.2 Å². The van der Waals surface area contributed by atoms with Crippen molar-refractivity contribution in [1.29, 1.82) is 0 Å². The van der Waals surface area contributed by atoms with Crippen molar-refractivity contribution >= 4 is 5.91 Å². The summed E-state index contributed by atoms with van der Waals surface area (Å²) >= 11 is 0. The van der Waals surface area contributed by atoms with E-state index in [9.17, 15) is 4.79 Å². The number of amides is 1. The van der Waals surface area contributed by atoms with Crippen molar-refractivity contribution < 1.29 is 4.79 Å². The van der Waals surface area contributed by atoms with E-state index >= 15 is 0 Å². The zero-order valence-electron chi connectivity index (χ0n) is 13.8. The summed E-state index contributed by atoms with van der Waals surface area (Å²) in [5.74, 6) is 0.945. The number of hydrogen-bond donors (Lipinski definition) is 0. The van der Waals surface area contributed by atoms with Gasteiger partial charge in [0.15, 0.2) is 0 Å². The van der Waals surface area contributed by atoms with Crippen LogP contribution >= 0.6 is 0 Å². The van der Waals surface area contributed by atoms with Crippen LogP contribution in [0.4, 0.5) is 0 Å². The van der Waals surface area contributed by atoms with Gasteiger partial charge in [-0.3, -0.25) is 4.79 Å². The van der Waals surface area contributed by atoms with Crippen LogP contribution in [0.2, 0.25) is 0 Å². The topological polar surface area (TPSA) is 46.1 Å². The van der Waals surface area contributed by atoms with Gasteiger partial charge >= 0.3 is 0 Å². The number of likely N-dealkylation sites (tertiary alicyclic amines) is 1. The number of rotatable bonds is 4. The number of carbonyl (C=O) groups is 1. The lowest BCUT2D eigenvalue weighted by Crippen LogP contribution is -2.30. The molecule has 1 amide bonds. The lowest BCUT2D eigenvalue weighted by molar-refractivity contribution is -0.132. The van der Waals surface area contributed by atoms with Gasteiger partial charge in [-0.1, -0.05) is 18.2 Å².